The van der Waals surface area contributed by atoms with Crippen molar-refractivity contribution in [3.8, 4) is 0 Å². The molecule has 6 heteroatoms. The molecule has 0 atom stereocenters. The van der Waals surface area contributed by atoms with Crippen LogP contribution < -0.4 is 5.56 Å². The number of aryl methyl sites for hydroxylation is 1. The van der Waals surface area contributed by atoms with Gasteiger partial charge in [-0.3, -0.25) is 9.20 Å². The average Bonchev–Trinajstić information content (AvgIpc) is 3.03. The van der Waals surface area contributed by atoms with Crippen LogP contribution in [0.25, 0.3) is 5.52 Å². The summed E-state index contributed by atoms with van der Waals surface area (Å²) in [6, 6.07) is 7.60. The van der Waals surface area contributed by atoms with E-state index >= 15 is 0 Å². The average molecular weight is 358 g/mol. The number of hydrogen-bond acceptors (Lipinski definition) is 3. The van der Waals surface area contributed by atoms with Crippen molar-refractivity contribution in [2.45, 2.75) is 32.2 Å². The van der Waals surface area contributed by atoms with E-state index in [1.165, 1.54) is 0 Å². The Bertz CT molecular complexity index is 970. The van der Waals surface area contributed by atoms with E-state index in [0.717, 1.165) is 43.1 Å². The van der Waals surface area contributed by atoms with Gasteiger partial charge in [0.05, 0.1) is 12.7 Å². The van der Waals surface area contributed by atoms with E-state index in [-0.39, 0.29) is 5.56 Å². The molecular formula is C19H20ClN3O2. The van der Waals surface area contributed by atoms with Crippen LogP contribution in [0.2, 0.25) is 5.02 Å². The van der Waals surface area contributed by atoms with Gasteiger partial charge in [-0.15, -0.1) is 0 Å². The maximum Gasteiger partial charge on any atom is 0.276 e. The molecule has 1 aliphatic heterocycles. The molecule has 0 N–H and O–H groups in total. The molecule has 0 aliphatic carbocycles. The lowest BCUT2D eigenvalue weighted by atomic mass is 10.00. The molecule has 1 aliphatic rings. The van der Waals surface area contributed by atoms with E-state index in [1.807, 2.05) is 41.8 Å². The van der Waals surface area contributed by atoms with Gasteiger partial charge in [0.1, 0.15) is 11.3 Å². The first-order chi connectivity index (χ1) is 12.1. The van der Waals surface area contributed by atoms with Gasteiger partial charge in [-0.1, -0.05) is 23.7 Å². The van der Waals surface area contributed by atoms with Gasteiger partial charge in [-0.2, -0.15) is 0 Å². The zero-order valence-corrected chi connectivity index (χ0v) is 14.9. The minimum absolute atomic E-state index is 0.0224. The second kappa shape index (κ2) is 6.65. The molecule has 2 aromatic heterocycles. The molecule has 0 saturated carbocycles. The van der Waals surface area contributed by atoms with Crippen LogP contribution in [0.1, 0.15) is 35.8 Å². The summed E-state index contributed by atoms with van der Waals surface area (Å²) in [5.74, 6) is 1.31. The molecule has 0 radical (unpaired) electrons. The van der Waals surface area contributed by atoms with Gasteiger partial charge in [-0.25, -0.2) is 4.98 Å². The highest BCUT2D eigenvalue weighted by molar-refractivity contribution is 6.30. The summed E-state index contributed by atoms with van der Waals surface area (Å²) in [6.07, 6.45) is 5.60. The topological polar surface area (TPSA) is 48.5 Å². The predicted octanol–water partition coefficient (Wildman–Crippen LogP) is 3.40. The maximum absolute atomic E-state index is 13.0. The number of rotatable bonds is 3. The summed E-state index contributed by atoms with van der Waals surface area (Å²) >= 11 is 6.06. The highest BCUT2D eigenvalue weighted by atomic mass is 35.5. The smallest absolute Gasteiger partial charge is 0.276 e. The fourth-order valence-corrected chi connectivity index (χ4v) is 3.71. The molecule has 0 bridgehead atoms. The lowest BCUT2D eigenvalue weighted by Gasteiger charge is -2.21. The van der Waals surface area contributed by atoms with E-state index in [0.29, 0.717) is 23.0 Å². The SMILES string of the molecule is Cc1cn2c(C3CCOCC3)ncc2c(=O)n1Cc1cccc(Cl)c1. The molecule has 0 amide bonds. The number of nitrogens with zero attached hydrogens (tertiary/aromatic N) is 3. The Labute approximate surface area is 150 Å². The van der Waals surface area contributed by atoms with Crippen molar-refractivity contribution in [3.05, 3.63) is 69.1 Å². The first-order valence-corrected chi connectivity index (χ1v) is 8.91. The van der Waals surface area contributed by atoms with E-state index in [4.69, 9.17) is 16.3 Å². The van der Waals surface area contributed by atoms with Crippen molar-refractivity contribution in [1.82, 2.24) is 14.0 Å². The number of imidazole rings is 1. The maximum atomic E-state index is 13.0. The number of fused-ring (bicyclic) bond motifs is 1. The summed E-state index contributed by atoms with van der Waals surface area (Å²) in [7, 11) is 0. The zero-order chi connectivity index (χ0) is 17.4. The zero-order valence-electron chi connectivity index (χ0n) is 14.1. The molecule has 25 heavy (non-hydrogen) atoms. The van der Waals surface area contributed by atoms with E-state index in [2.05, 4.69) is 4.98 Å². The van der Waals surface area contributed by atoms with Crippen molar-refractivity contribution in [2.75, 3.05) is 13.2 Å². The second-order valence-electron chi connectivity index (χ2n) is 6.55. The monoisotopic (exact) mass is 357 g/mol. The number of aromatic nitrogens is 3. The molecule has 5 nitrogen and oxygen atoms in total. The third-order valence-electron chi connectivity index (χ3n) is 4.85. The largest absolute Gasteiger partial charge is 0.381 e. The van der Waals surface area contributed by atoms with Gasteiger partial charge < -0.3 is 9.30 Å². The molecule has 1 aromatic carbocycles. The first kappa shape index (κ1) is 16.4. The van der Waals surface area contributed by atoms with Crippen LogP contribution in [-0.2, 0) is 11.3 Å². The van der Waals surface area contributed by atoms with Crippen molar-refractivity contribution < 1.29 is 4.74 Å². The third-order valence-corrected chi connectivity index (χ3v) is 5.08. The van der Waals surface area contributed by atoms with Gasteiger partial charge >= 0.3 is 0 Å². The van der Waals surface area contributed by atoms with Crippen LogP contribution in [0.3, 0.4) is 0 Å². The summed E-state index contributed by atoms with van der Waals surface area (Å²) in [5, 5.41) is 0.676. The van der Waals surface area contributed by atoms with Crippen LogP contribution in [0.4, 0.5) is 0 Å². The predicted molar refractivity (Wildman–Crippen MR) is 97.5 cm³/mol. The number of benzene rings is 1. The van der Waals surface area contributed by atoms with Gasteiger partial charge in [0.2, 0.25) is 0 Å². The first-order valence-electron chi connectivity index (χ1n) is 8.53. The molecule has 0 spiro atoms. The van der Waals surface area contributed by atoms with Gasteiger partial charge in [0, 0.05) is 36.0 Å². The third kappa shape index (κ3) is 3.10. The lowest BCUT2D eigenvalue weighted by molar-refractivity contribution is 0.0835. The summed E-state index contributed by atoms with van der Waals surface area (Å²) in [6.45, 7) is 3.97. The Hall–Kier alpha value is -2.11. The fourth-order valence-electron chi connectivity index (χ4n) is 3.50. The lowest BCUT2D eigenvalue weighted by Crippen LogP contribution is -2.25. The minimum Gasteiger partial charge on any atom is -0.381 e. The van der Waals surface area contributed by atoms with Crippen LogP contribution in [-0.4, -0.2) is 27.2 Å². The molecule has 1 fully saturated rings. The summed E-state index contributed by atoms with van der Waals surface area (Å²) < 4.78 is 9.17. The minimum atomic E-state index is -0.0224. The van der Waals surface area contributed by atoms with Crippen molar-refractivity contribution in [2.24, 2.45) is 0 Å². The Morgan fingerprint density at radius 2 is 2.12 bits per heavy atom. The summed E-state index contributed by atoms with van der Waals surface area (Å²) in [4.78, 5) is 17.5. The Balaban J connectivity index is 1.76. The molecule has 4 rings (SSSR count). The molecular weight excluding hydrogens is 338 g/mol. The molecule has 3 heterocycles. The Morgan fingerprint density at radius 1 is 1.32 bits per heavy atom. The van der Waals surface area contributed by atoms with Gasteiger partial charge in [-0.05, 0) is 37.5 Å². The molecule has 130 valence electrons. The fraction of sp³-hybridized carbons (Fsp3) is 0.368. The van der Waals surface area contributed by atoms with Crippen molar-refractivity contribution in [3.63, 3.8) is 0 Å². The normalized spacial score (nSPS) is 15.8. The standard InChI is InChI=1S/C19H20ClN3O2/c1-13-11-23-17(10-21-18(23)15-5-7-25-8-6-15)19(24)22(13)12-14-3-2-4-16(20)9-14/h2-4,9-11,15H,5-8,12H2,1H3. The number of hydrogen-bond donors (Lipinski definition) is 0. The Kier molecular flexibility index (Phi) is 4.36. The van der Waals surface area contributed by atoms with E-state index in [1.54, 1.807) is 10.8 Å². The molecule has 1 saturated heterocycles. The Morgan fingerprint density at radius 3 is 2.88 bits per heavy atom. The molecule has 0 unspecified atom stereocenters. The van der Waals surface area contributed by atoms with Gasteiger partial charge in [0.15, 0.2) is 0 Å². The number of ether oxygens (including phenoxy) is 1. The summed E-state index contributed by atoms with van der Waals surface area (Å²) in [5.41, 5.74) is 2.51. The molecule has 3 aromatic rings. The van der Waals surface area contributed by atoms with Crippen LogP contribution in [0, 0.1) is 6.92 Å². The number of halogens is 1. The highest BCUT2D eigenvalue weighted by Gasteiger charge is 2.21. The van der Waals surface area contributed by atoms with Crippen molar-refractivity contribution >= 4 is 17.1 Å². The van der Waals surface area contributed by atoms with E-state index in [9.17, 15) is 4.79 Å². The van der Waals surface area contributed by atoms with Crippen molar-refractivity contribution in [1.29, 1.82) is 0 Å². The van der Waals surface area contributed by atoms with Crippen LogP contribution in [0.5, 0.6) is 0 Å². The van der Waals surface area contributed by atoms with Crippen LogP contribution in [0.15, 0.2) is 41.5 Å². The second-order valence-corrected chi connectivity index (χ2v) is 6.99. The quantitative estimate of drug-likeness (QED) is 0.721. The van der Waals surface area contributed by atoms with Gasteiger partial charge in [0.25, 0.3) is 5.56 Å². The highest BCUT2D eigenvalue weighted by Crippen LogP contribution is 2.26. The van der Waals surface area contributed by atoms with Crippen LogP contribution >= 0.6 is 11.6 Å². The van der Waals surface area contributed by atoms with E-state index < -0.39 is 0 Å².